The van der Waals surface area contributed by atoms with Crippen molar-refractivity contribution in [2.45, 2.75) is 13.3 Å². The summed E-state index contributed by atoms with van der Waals surface area (Å²) in [6.45, 7) is 2.13. The van der Waals surface area contributed by atoms with Crippen LogP contribution in [-0.2, 0) is 6.42 Å². The van der Waals surface area contributed by atoms with Crippen LogP contribution in [0, 0.1) is 19.3 Å². The van der Waals surface area contributed by atoms with Crippen molar-refractivity contribution in [3.8, 4) is 23.5 Å². The summed E-state index contributed by atoms with van der Waals surface area (Å²) in [5.74, 6) is 2.72. The van der Waals surface area contributed by atoms with Crippen LogP contribution >= 0.6 is 0 Å². The number of hydrogen-bond donors (Lipinski definition) is 0. The first kappa shape index (κ1) is 10.5. The minimum atomic E-state index is 0.686. The maximum atomic E-state index is 5.41. The van der Waals surface area contributed by atoms with Crippen molar-refractivity contribution >= 4 is 0 Å². The second kappa shape index (κ2) is 4.68. The van der Waals surface area contributed by atoms with Gasteiger partial charge < -0.3 is 0 Å². The van der Waals surface area contributed by atoms with Crippen LogP contribution in [0.4, 0.5) is 0 Å². The lowest BCUT2D eigenvalue weighted by atomic mass is 9.94. The largest absolute Gasteiger partial charge is 0.120 e. The molecular formula is C16H14. The quantitative estimate of drug-likeness (QED) is 0.655. The zero-order chi connectivity index (χ0) is 11.4. The van der Waals surface area contributed by atoms with E-state index in [9.17, 15) is 0 Å². The minimum Gasteiger partial charge on any atom is -0.120 e. The Morgan fingerprint density at radius 3 is 2.44 bits per heavy atom. The van der Waals surface area contributed by atoms with Crippen molar-refractivity contribution in [3.05, 3.63) is 59.7 Å². The van der Waals surface area contributed by atoms with Crippen molar-refractivity contribution < 1.29 is 0 Å². The summed E-state index contributed by atoms with van der Waals surface area (Å²) in [4.78, 5) is 0. The van der Waals surface area contributed by atoms with E-state index in [0.29, 0.717) is 6.42 Å². The fourth-order valence-corrected chi connectivity index (χ4v) is 2.00. The maximum absolute atomic E-state index is 5.41. The Kier molecular flexibility index (Phi) is 3.08. The number of aryl methyl sites for hydroxylation is 1. The normalized spacial score (nSPS) is 9.75. The predicted octanol–water partition coefficient (Wildman–Crippen LogP) is 3.84. The molecule has 2 aromatic carbocycles. The predicted molar refractivity (Wildman–Crippen MR) is 69.2 cm³/mol. The van der Waals surface area contributed by atoms with Gasteiger partial charge in [-0.1, -0.05) is 48.5 Å². The summed E-state index contributed by atoms with van der Waals surface area (Å²) in [6, 6.07) is 16.7. The van der Waals surface area contributed by atoms with E-state index in [2.05, 4.69) is 55.3 Å². The van der Waals surface area contributed by atoms with Crippen LogP contribution in [0.25, 0.3) is 11.1 Å². The van der Waals surface area contributed by atoms with Gasteiger partial charge in [-0.3, -0.25) is 0 Å². The van der Waals surface area contributed by atoms with Crippen LogP contribution < -0.4 is 0 Å². The van der Waals surface area contributed by atoms with E-state index >= 15 is 0 Å². The highest BCUT2D eigenvalue weighted by Gasteiger charge is 2.06. The van der Waals surface area contributed by atoms with E-state index in [1.165, 1.54) is 22.3 Å². The summed E-state index contributed by atoms with van der Waals surface area (Å²) >= 11 is 0. The molecule has 0 amide bonds. The first-order chi connectivity index (χ1) is 7.83. The Labute approximate surface area is 96.9 Å². The van der Waals surface area contributed by atoms with Crippen molar-refractivity contribution in [2.75, 3.05) is 0 Å². The Morgan fingerprint density at radius 2 is 1.75 bits per heavy atom. The van der Waals surface area contributed by atoms with Crippen LogP contribution in [0.2, 0.25) is 0 Å². The molecule has 2 rings (SSSR count). The Morgan fingerprint density at radius 1 is 1.00 bits per heavy atom. The van der Waals surface area contributed by atoms with Gasteiger partial charge in [-0.15, -0.1) is 12.3 Å². The number of rotatable bonds is 2. The molecular weight excluding hydrogens is 192 g/mol. The summed E-state index contributed by atoms with van der Waals surface area (Å²) in [7, 11) is 0. The number of benzene rings is 2. The van der Waals surface area contributed by atoms with Crippen LogP contribution in [0.15, 0.2) is 48.5 Å². The summed E-state index contributed by atoms with van der Waals surface area (Å²) < 4.78 is 0. The monoisotopic (exact) mass is 206 g/mol. The van der Waals surface area contributed by atoms with E-state index < -0.39 is 0 Å². The molecule has 0 fully saturated rings. The molecule has 0 saturated carbocycles. The Balaban J connectivity index is 2.60. The zero-order valence-corrected chi connectivity index (χ0v) is 9.40. The van der Waals surface area contributed by atoms with Gasteiger partial charge in [-0.2, -0.15) is 0 Å². The van der Waals surface area contributed by atoms with Crippen molar-refractivity contribution in [2.24, 2.45) is 0 Å². The second-order valence-corrected chi connectivity index (χ2v) is 3.86. The van der Waals surface area contributed by atoms with E-state index in [0.717, 1.165) is 0 Å². The molecule has 0 spiro atoms. The number of terminal acetylenes is 1. The molecule has 0 nitrogen and oxygen atoms in total. The van der Waals surface area contributed by atoms with Gasteiger partial charge in [0, 0.05) is 6.42 Å². The zero-order valence-electron chi connectivity index (χ0n) is 9.40. The molecule has 0 aliphatic carbocycles. The Hall–Kier alpha value is -2.00. The summed E-state index contributed by atoms with van der Waals surface area (Å²) in [6.07, 6.45) is 6.09. The molecule has 0 saturated heterocycles. The molecule has 16 heavy (non-hydrogen) atoms. The van der Waals surface area contributed by atoms with Gasteiger partial charge in [0.05, 0.1) is 0 Å². The second-order valence-electron chi connectivity index (χ2n) is 3.86. The van der Waals surface area contributed by atoms with Crippen LogP contribution in [0.3, 0.4) is 0 Å². The first-order valence-electron chi connectivity index (χ1n) is 5.40. The maximum Gasteiger partial charge on any atom is 0.0343 e. The summed E-state index contributed by atoms with van der Waals surface area (Å²) in [5, 5.41) is 0. The molecule has 2 aromatic rings. The van der Waals surface area contributed by atoms with Gasteiger partial charge in [-0.25, -0.2) is 0 Å². The molecule has 0 heteroatoms. The van der Waals surface area contributed by atoms with Gasteiger partial charge >= 0.3 is 0 Å². The van der Waals surface area contributed by atoms with E-state index in [4.69, 9.17) is 6.42 Å². The molecule has 0 radical (unpaired) electrons. The van der Waals surface area contributed by atoms with Gasteiger partial charge in [0.1, 0.15) is 0 Å². The average Bonchev–Trinajstić information content (AvgIpc) is 2.31. The van der Waals surface area contributed by atoms with E-state index in [1.54, 1.807) is 0 Å². The van der Waals surface area contributed by atoms with Crippen LogP contribution in [0.5, 0.6) is 0 Å². The van der Waals surface area contributed by atoms with Crippen molar-refractivity contribution in [3.63, 3.8) is 0 Å². The summed E-state index contributed by atoms with van der Waals surface area (Å²) in [5.41, 5.74) is 5.03. The topological polar surface area (TPSA) is 0 Å². The third-order valence-corrected chi connectivity index (χ3v) is 2.71. The fraction of sp³-hybridized carbons (Fsp3) is 0.125. The van der Waals surface area contributed by atoms with Crippen LogP contribution in [-0.4, -0.2) is 0 Å². The molecule has 0 aliphatic rings. The Bertz CT molecular complexity index is 515. The lowest BCUT2D eigenvalue weighted by molar-refractivity contribution is 1.29. The van der Waals surface area contributed by atoms with Gasteiger partial charge in [0.25, 0.3) is 0 Å². The lowest BCUT2D eigenvalue weighted by Crippen LogP contribution is -1.91. The van der Waals surface area contributed by atoms with Crippen LogP contribution in [0.1, 0.15) is 11.1 Å². The van der Waals surface area contributed by atoms with Gasteiger partial charge in [0.2, 0.25) is 0 Å². The molecule has 78 valence electrons. The molecule has 0 unspecified atom stereocenters. The molecule has 0 heterocycles. The molecule has 0 aliphatic heterocycles. The highest BCUT2D eigenvalue weighted by atomic mass is 14.1. The SMILES string of the molecule is C#CCc1cccc(C)c1-c1ccccc1. The lowest BCUT2D eigenvalue weighted by Gasteiger charge is -2.10. The molecule has 0 bridgehead atoms. The average molecular weight is 206 g/mol. The smallest absolute Gasteiger partial charge is 0.0343 e. The highest BCUT2D eigenvalue weighted by molar-refractivity contribution is 5.71. The molecule has 0 N–H and O–H groups in total. The molecule has 0 aromatic heterocycles. The third-order valence-electron chi connectivity index (χ3n) is 2.71. The van der Waals surface area contributed by atoms with Gasteiger partial charge in [0.15, 0.2) is 0 Å². The first-order valence-corrected chi connectivity index (χ1v) is 5.40. The molecule has 0 atom stereocenters. The van der Waals surface area contributed by atoms with Crippen molar-refractivity contribution in [1.82, 2.24) is 0 Å². The van der Waals surface area contributed by atoms with E-state index in [-0.39, 0.29) is 0 Å². The third kappa shape index (κ3) is 1.99. The number of hydrogen-bond acceptors (Lipinski definition) is 0. The fourth-order valence-electron chi connectivity index (χ4n) is 2.00. The minimum absolute atomic E-state index is 0.686. The highest BCUT2D eigenvalue weighted by Crippen LogP contribution is 2.27. The van der Waals surface area contributed by atoms with Crippen molar-refractivity contribution in [1.29, 1.82) is 0 Å². The van der Waals surface area contributed by atoms with Gasteiger partial charge in [-0.05, 0) is 29.2 Å². The standard InChI is InChI=1S/C16H14/c1-3-8-14-12-7-9-13(2)16(14)15-10-5-4-6-11-15/h1,4-7,9-12H,8H2,2H3. The van der Waals surface area contributed by atoms with E-state index in [1.807, 2.05) is 6.07 Å².